The normalized spacial score (nSPS) is 16.4. The van der Waals surface area contributed by atoms with Gasteiger partial charge < -0.3 is 9.67 Å². The number of aryl methyl sites for hydroxylation is 1. The molecule has 0 saturated heterocycles. The summed E-state index contributed by atoms with van der Waals surface area (Å²) in [5.74, 6) is -1.14. The van der Waals surface area contributed by atoms with Crippen molar-refractivity contribution in [2.45, 2.75) is 23.8 Å². The van der Waals surface area contributed by atoms with Crippen molar-refractivity contribution >= 4 is 16.0 Å². The molecule has 0 spiro atoms. The van der Waals surface area contributed by atoms with Crippen LogP contribution in [-0.4, -0.2) is 41.5 Å². The fourth-order valence-electron chi connectivity index (χ4n) is 1.69. The Kier molecular flexibility index (Phi) is 2.75. The first-order chi connectivity index (χ1) is 7.84. The van der Waals surface area contributed by atoms with Gasteiger partial charge in [0.2, 0.25) is 10.0 Å². The number of carboxylic acid groups (broad SMARTS) is 1. The minimum absolute atomic E-state index is 0.0341. The van der Waals surface area contributed by atoms with Crippen LogP contribution in [0.2, 0.25) is 0 Å². The largest absolute Gasteiger partial charge is 0.477 e. The molecule has 0 bridgehead atoms. The van der Waals surface area contributed by atoms with Gasteiger partial charge >= 0.3 is 5.97 Å². The third-order valence-corrected chi connectivity index (χ3v) is 4.81. The molecule has 1 aromatic rings. The third-order valence-electron chi connectivity index (χ3n) is 2.94. The molecule has 0 aromatic carbocycles. The molecule has 1 heterocycles. The maximum atomic E-state index is 12.1. The molecule has 1 saturated carbocycles. The summed E-state index contributed by atoms with van der Waals surface area (Å²) in [7, 11) is -0.520. The molecule has 0 aliphatic heterocycles. The van der Waals surface area contributed by atoms with Crippen molar-refractivity contribution in [3.63, 3.8) is 0 Å². The van der Waals surface area contributed by atoms with E-state index in [4.69, 9.17) is 5.11 Å². The van der Waals surface area contributed by atoms with Crippen LogP contribution in [-0.2, 0) is 17.1 Å². The second-order valence-electron chi connectivity index (χ2n) is 4.23. The minimum atomic E-state index is -3.56. The van der Waals surface area contributed by atoms with Crippen LogP contribution >= 0.6 is 0 Å². The quantitative estimate of drug-likeness (QED) is 0.853. The Labute approximate surface area is 99.5 Å². The Morgan fingerprint density at radius 2 is 2.12 bits per heavy atom. The van der Waals surface area contributed by atoms with Crippen LogP contribution in [0.25, 0.3) is 0 Å². The second-order valence-corrected chi connectivity index (χ2v) is 6.23. The summed E-state index contributed by atoms with van der Waals surface area (Å²) in [5, 5.41) is 8.88. The first-order valence-corrected chi connectivity index (χ1v) is 6.65. The van der Waals surface area contributed by atoms with Crippen molar-refractivity contribution in [2.24, 2.45) is 7.05 Å². The average Bonchev–Trinajstić information content (AvgIpc) is 2.99. The first kappa shape index (κ1) is 12.1. The van der Waals surface area contributed by atoms with E-state index in [2.05, 4.69) is 0 Å². The molecule has 0 amide bonds. The Bertz CT molecular complexity index is 557. The molecule has 1 N–H and O–H groups in total. The van der Waals surface area contributed by atoms with E-state index in [9.17, 15) is 13.2 Å². The fourth-order valence-corrected chi connectivity index (χ4v) is 3.18. The number of rotatable bonds is 4. The van der Waals surface area contributed by atoms with Crippen molar-refractivity contribution in [1.29, 1.82) is 0 Å². The Morgan fingerprint density at radius 3 is 2.53 bits per heavy atom. The van der Waals surface area contributed by atoms with Crippen LogP contribution < -0.4 is 0 Å². The molecule has 17 heavy (non-hydrogen) atoms. The highest BCUT2D eigenvalue weighted by Crippen LogP contribution is 2.30. The van der Waals surface area contributed by atoms with Gasteiger partial charge in [-0.3, -0.25) is 0 Å². The number of nitrogens with zero attached hydrogens (tertiary/aromatic N) is 2. The van der Waals surface area contributed by atoms with Crippen LogP contribution in [0.3, 0.4) is 0 Å². The predicted molar refractivity (Wildman–Crippen MR) is 60.3 cm³/mol. The van der Waals surface area contributed by atoms with Gasteiger partial charge in [-0.1, -0.05) is 0 Å². The zero-order valence-electron chi connectivity index (χ0n) is 9.62. The van der Waals surface area contributed by atoms with Gasteiger partial charge in [-0.15, -0.1) is 0 Å². The van der Waals surface area contributed by atoms with Gasteiger partial charge in [-0.2, -0.15) is 4.31 Å². The first-order valence-electron chi connectivity index (χ1n) is 5.21. The van der Waals surface area contributed by atoms with Gasteiger partial charge in [-0.25, -0.2) is 13.2 Å². The summed E-state index contributed by atoms with van der Waals surface area (Å²) in [4.78, 5) is 10.9. The molecule has 7 heteroatoms. The maximum Gasteiger partial charge on any atom is 0.352 e. The highest BCUT2D eigenvalue weighted by atomic mass is 32.2. The lowest BCUT2D eigenvalue weighted by Crippen LogP contribution is -2.28. The molecule has 1 fully saturated rings. The predicted octanol–water partition coefficient (Wildman–Crippen LogP) is 0.506. The monoisotopic (exact) mass is 258 g/mol. The molecule has 0 atom stereocenters. The molecule has 1 aliphatic rings. The van der Waals surface area contributed by atoms with Crippen LogP contribution in [0.1, 0.15) is 23.3 Å². The molecule has 94 valence electrons. The molecule has 1 aliphatic carbocycles. The van der Waals surface area contributed by atoms with Gasteiger partial charge in [0, 0.05) is 26.3 Å². The lowest BCUT2D eigenvalue weighted by molar-refractivity contribution is 0.0686. The Morgan fingerprint density at radius 1 is 1.53 bits per heavy atom. The number of aromatic nitrogens is 1. The fraction of sp³-hybridized carbons (Fsp3) is 0.500. The molecule has 2 rings (SSSR count). The Balaban J connectivity index is 2.39. The van der Waals surface area contributed by atoms with Crippen LogP contribution in [0, 0.1) is 0 Å². The SMILES string of the molecule is CN(C1CC1)S(=O)(=O)c1cc(C(=O)O)n(C)c1. The van der Waals surface area contributed by atoms with Gasteiger partial charge in [0.25, 0.3) is 0 Å². The van der Waals surface area contributed by atoms with Gasteiger partial charge in [0.15, 0.2) is 0 Å². The highest BCUT2D eigenvalue weighted by molar-refractivity contribution is 7.89. The number of hydrogen-bond donors (Lipinski definition) is 1. The maximum absolute atomic E-state index is 12.1. The lowest BCUT2D eigenvalue weighted by Gasteiger charge is -2.14. The van der Waals surface area contributed by atoms with Gasteiger partial charge in [0.05, 0.1) is 0 Å². The molecule has 0 unspecified atom stereocenters. The van der Waals surface area contributed by atoms with E-state index in [1.165, 1.54) is 35.2 Å². The summed E-state index contributed by atoms with van der Waals surface area (Å²) in [6.07, 6.45) is 3.07. The average molecular weight is 258 g/mol. The third kappa shape index (κ3) is 2.07. The van der Waals surface area contributed by atoms with E-state index in [1.54, 1.807) is 0 Å². The van der Waals surface area contributed by atoms with Crippen molar-refractivity contribution in [3.05, 3.63) is 18.0 Å². The smallest absolute Gasteiger partial charge is 0.352 e. The molecular formula is C10H14N2O4S. The van der Waals surface area contributed by atoms with E-state index >= 15 is 0 Å². The van der Waals surface area contributed by atoms with Crippen LogP contribution in [0.15, 0.2) is 17.2 Å². The minimum Gasteiger partial charge on any atom is -0.477 e. The molecular weight excluding hydrogens is 244 g/mol. The summed E-state index contributed by atoms with van der Waals surface area (Å²) in [6.45, 7) is 0. The molecule has 1 aromatic heterocycles. The van der Waals surface area contributed by atoms with Crippen LogP contribution in [0.4, 0.5) is 0 Å². The van der Waals surface area contributed by atoms with Gasteiger partial charge in [0.1, 0.15) is 10.6 Å². The van der Waals surface area contributed by atoms with Crippen molar-refractivity contribution in [1.82, 2.24) is 8.87 Å². The second kappa shape index (κ2) is 3.85. The summed E-state index contributed by atoms with van der Waals surface area (Å²) >= 11 is 0. The van der Waals surface area contributed by atoms with Crippen molar-refractivity contribution in [2.75, 3.05) is 7.05 Å². The van der Waals surface area contributed by atoms with Gasteiger partial charge in [-0.05, 0) is 18.9 Å². The number of hydrogen-bond acceptors (Lipinski definition) is 3. The van der Waals surface area contributed by atoms with E-state index in [0.29, 0.717) is 0 Å². The summed E-state index contributed by atoms with van der Waals surface area (Å²) in [6, 6.07) is 1.25. The lowest BCUT2D eigenvalue weighted by atomic mass is 10.4. The molecule has 0 radical (unpaired) electrons. The van der Waals surface area contributed by atoms with E-state index in [-0.39, 0.29) is 16.6 Å². The number of aromatic carboxylic acids is 1. The van der Waals surface area contributed by atoms with Crippen molar-refractivity contribution < 1.29 is 18.3 Å². The summed E-state index contributed by atoms with van der Waals surface area (Å²) in [5.41, 5.74) is -0.0345. The van der Waals surface area contributed by atoms with Crippen LogP contribution in [0.5, 0.6) is 0 Å². The standard InChI is InChI=1S/C10H14N2O4S/c1-11-6-8(5-9(11)10(13)14)17(15,16)12(2)7-3-4-7/h5-7H,3-4H2,1-2H3,(H,13,14). The highest BCUT2D eigenvalue weighted by Gasteiger charge is 2.35. The zero-order valence-corrected chi connectivity index (χ0v) is 10.4. The zero-order chi connectivity index (χ0) is 12.8. The van der Waals surface area contributed by atoms with E-state index in [0.717, 1.165) is 12.8 Å². The number of carbonyl (C=O) groups is 1. The topological polar surface area (TPSA) is 79.6 Å². The van der Waals surface area contributed by atoms with E-state index < -0.39 is 16.0 Å². The molecule has 6 nitrogen and oxygen atoms in total. The Hall–Kier alpha value is -1.34. The number of carboxylic acids is 1. The summed E-state index contributed by atoms with van der Waals surface area (Å²) < 4.78 is 26.9. The number of sulfonamides is 1. The van der Waals surface area contributed by atoms with Crippen molar-refractivity contribution in [3.8, 4) is 0 Å². The van der Waals surface area contributed by atoms with E-state index in [1.807, 2.05) is 0 Å².